The lowest BCUT2D eigenvalue weighted by molar-refractivity contribution is -0.274. The van der Waals surface area contributed by atoms with E-state index in [0.29, 0.717) is 5.65 Å². The molecule has 0 saturated heterocycles. The zero-order chi connectivity index (χ0) is 10.2. The van der Waals surface area contributed by atoms with Crippen LogP contribution in [0.3, 0.4) is 0 Å². The van der Waals surface area contributed by atoms with E-state index >= 15 is 0 Å². The summed E-state index contributed by atoms with van der Waals surface area (Å²) >= 11 is 0. The second-order valence-corrected chi connectivity index (χ2v) is 2.60. The Morgan fingerprint density at radius 3 is 2.79 bits per heavy atom. The third-order valence-corrected chi connectivity index (χ3v) is 1.60. The van der Waals surface area contributed by atoms with Crippen LogP contribution in [0.15, 0.2) is 30.7 Å². The number of aromatic nitrogens is 2. The van der Waals surface area contributed by atoms with E-state index < -0.39 is 6.36 Å². The van der Waals surface area contributed by atoms with Gasteiger partial charge in [0.2, 0.25) is 0 Å². The van der Waals surface area contributed by atoms with Crippen LogP contribution in [0.2, 0.25) is 0 Å². The summed E-state index contributed by atoms with van der Waals surface area (Å²) in [4.78, 5) is 3.82. The van der Waals surface area contributed by atoms with Crippen molar-refractivity contribution in [3.63, 3.8) is 0 Å². The second-order valence-electron chi connectivity index (χ2n) is 2.60. The van der Waals surface area contributed by atoms with Gasteiger partial charge in [-0.05, 0) is 6.07 Å². The molecule has 0 aliphatic carbocycles. The minimum atomic E-state index is -4.66. The first-order valence-corrected chi connectivity index (χ1v) is 3.73. The molecule has 2 rings (SSSR count). The number of fused-ring (bicyclic) bond motifs is 1. The molecule has 0 N–H and O–H groups in total. The van der Waals surface area contributed by atoms with Crippen LogP contribution >= 0.6 is 0 Å². The number of nitrogens with zero attached hydrogens (tertiary/aromatic N) is 2. The fraction of sp³-hybridized carbons (Fsp3) is 0.125. The highest BCUT2D eigenvalue weighted by atomic mass is 19.4. The van der Waals surface area contributed by atoms with Crippen molar-refractivity contribution in [2.24, 2.45) is 0 Å². The Labute approximate surface area is 76.7 Å². The van der Waals surface area contributed by atoms with Gasteiger partial charge in [-0.15, -0.1) is 13.2 Å². The number of hydrogen-bond donors (Lipinski definition) is 0. The van der Waals surface area contributed by atoms with Gasteiger partial charge in [0.05, 0.1) is 0 Å². The maximum absolute atomic E-state index is 11.8. The van der Waals surface area contributed by atoms with Gasteiger partial charge in [0.25, 0.3) is 0 Å². The molecule has 2 aromatic heterocycles. The normalized spacial score (nSPS) is 11.9. The number of ether oxygens (including phenoxy) is 1. The summed E-state index contributed by atoms with van der Waals surface area (Å²) in [6, 6.07) is 2.44. The lowest BCUT2D eigenvalue weighted by Crippen LogP contribution is -2.17. The first-order chi connectivity index (χ1) is 6.54. The summed E-state index contributed by atoms with van der Waals surface area (Å²) in [6.45, 7) is 0. The average molecular weight is 202 g/mol. The fourth-order valence-electron chi connectivity index (χ4n) is 1.09. The summed E-state index contributed by atoms with van der Waals surface area (Å²) in [5, 5.41) is 0. The van der Waals surface area contributed by atoms with Crippen LogP contribution in [-0.4, -0.2) is 15.7 Å². The second kappa shape index (κ2) is 2.90. The van der Waals surface area contributed by atoms with Gasteiger partial charge in [0, 0.05) is 24.7 Å². The van der Waals surface area contributed by atoms with Gasteiger partial charge in [0.1, 0.15) is 11.4 Å². The minimum Gasteiger partial charge on any atom is -0.406 e. The molecule has 0 aromatic carbocycles. The smallest absolute Gasteiger partial charge is 0.406 e. The van der Waals surface area contributed by atoms with Crippen molar-refractivity contribution >= 4 is 5.65 Å². The molecule has 0 aliphatic rings. The zero-order valence-corrected chi connectivity index (χ0v) is 6.82. The molecular weight excluding hydrogens is 197 g/mol. The largest absolute Gasteiger partial charge is 0.573 e. The fourth-order valence-corrected chi connectivity index (χ4v) is 1.09. The predicted octanol–water partition coefficient (Wildman–Crippen LogP) is 2.23. The number of imidazole rings is 1. The lowest BCUT2D eigenvalue weighted by Gasteiger charge is -2.08. The maximum Gasteiger partial charge on any atom is 0.573 e. The van der Waals surface area contributed by atoms with Crippen LogP contribution in [0.4, 0.5) is 13.2 Å². The average Bonchev–Trinajstić information content (AvgIpc) is 2.47. The van der Waals surface area contributed by atoms with Crippen LogP contribution < -0.4 is 4.74 Å². The molecule has 3 nitrogen and oxygen atoms in total. The van der Waals surface area contributed by atoms with E-state index in [0.717, 1.165) is 0 Å². The Morgan fingerprint density at radius 2 is 2.07 bits per heavy atom. The molecule has 14 heavy (non-hydrogen) atoms. The van der Waals surface area contributed by atoms with Gasteiger partial charge in [-0.1, -0.05) is 0 Å². The Bertz CT molecular complexity index is 449. The molecule has 0 spiro atoms. The Balaban J connectivity index is 2.35. The minimum absolute atomic E-state index is 0.267. The van der Waals surface area contributed by atoms with E-state index in [1.807, 2.05) is 0 Å². The Kier molecular flexibility index (Phi) is 1.83. The van der Waals surface area contributed by atoms with Crippen molar-refractivity contribution in [1.29, 1.82) is 0 Å². The van der Waals surface area contributed by atoms with E-state index in [-0.39, 0.29) is 5.75 Å². The van der Waals surface area contributed by atoms with E-state index in [2.05, 4.69) is 9.72 Å². The molecule has 0 radical (unpaired) electrons. The first-order valence-electron chi connectivity index (χ1n) is 3.73. The van der Waals surface area contributed by atoms with E-state index in [1.165, 1.54) is 24.5 Å². The SMILES string of the molecule is FC(F)(F)Oc1ccn2ccnc2c1. The van der Waals surface area contributed by atoms with Gasteiger partial charge >= 0.3 is 6.36 Å². The zero-order valence-electron chi connectivity index (χ0n) is 6.82. The van der Waals surface area contributed by atoms with E-state index in [1.54, 1.807) is 10.6 Å². The molecule has 0 unspecified atom stereocenters. The standard InChI is InChI=1S/C8H5F3N2O/c9-8(10,11)14-6-1-3-13-4-2-12-7(13)5-6/h1-5H. The molecule has 2 heterocycles. The molecule has 74 valence electrons. The topological polar surface area (TPSA) is 26.5 Å². The van der Waals surface area contributed by atoms with Crippen molar-refractivity contribution in [3.8, 4) is 5.75 Å². The number of pyridine rings is 1. The highest BCUT2D eigenvalue weighted by Crippen LogP contribution is 2.22. The van der Waals surface area contributed by atoms with Crippen LogP contribution in [0, 0.1) is 0 Å². The summed E-state index contributed by atoms with van der Waals surface area (Å²) < 4.78 is 40.8. The maximum atomic E-state index is 11.8. The van der Waals surface area contributed by atoms with Crippen molar-refractivity contribution in [1.82, 2.24) is 9.38 Å². The molecule has 0 bridgehead atoms. The first kappa shape index (κ1) is 8.86. The summed E-state index contributed by atoms with van der Waals surface area (Å²) in [7, 11) is 0. The van der Waals surface area contributed by atoms with Crippen LogP contribution in [-0.2, 0) is 0 Å². The van der Waals surface area contributed by atoms with Gasteiger partial charge in [-0.3, -0.25) is 0 Å². The summed E-state index contributed by atoms with van der Waals surface area (Å²) in [5.74, 6) is -0.267. The van der Waals surface area contributed by atoms with Crippen molar-refractivity contribution in [3.05, 3.63) is 30.7 Å². The Morgan fingerprint density at radius 1 is 1.29 bits per heavy atom. The number of halogens is 3. The van der Waals surface area contributed by atoms with E-state index in [9.17, 15) is 13.2 Å². The third-order valence-electron chi connectivity index (χ3n) is 1.60. The molecule has 0 amide bonds. The molecule has 2 aromatic rings. The number of hydrogen-bond acceptors (Lipinski definition) is 2. The van der Waals surface area contributed by atoms with Crippen molar-refractivity contribution < 1.29 is 17.9 Å². The van der Waals surface area contributed by atoms with Gasteiger partial charge in [-0.25, -0.2) is 4.98 Å². The molecule has 0 saturated carbocycles. The van der Waals surface area contributed by atoms with Crippen LogP contribution in [0.1, 0.15) is 0 Å². The van der Waals surface area contributed by atoms with Crippen LogP contribution in [0.5, 0.6) is 5.75 Å². The quantitative estimate of drug-likeness (QED) is 0.708. The lowest BCUT2D eigenvalue weighted by atomic mass is 10.4. The van der Waals surface area contributed by atoms with Crippen molar-refractivity contribution in [2.75, 3.05) is 0 Å². The highest BCUT2D eigenvalue weighted by Gasteiger charge is 2.31. The van der Waals surface area contributed by atoms with Gasteiger partial charge < -0.3 is 9.14 Å². The molecule has 0 fully saturated rings. The molecule has 0 aliphatic heterocycles. The number of alkyl halides is 3. The Hall–Kier alpha value is -1.72. The predicted molar refractivity (Wildman–Crippen MR) is 41.9 cm³/mol. The van der Waals surface area contributed by atoms with E-state index in [4.69, 9.17) is 0 Å². The third kappa shape index (κ3) is 1.78. The summed E-state index contributed by atoms with van der Waals surface area (Å²) in [5.41, 5.74) is 0.409. The highest BCUT2D eigenvalue weighted by molar-refractivity contribution is 5.44. The molecule has 6 heteroatoms. The number of rotatable bonds is 1. The molecular formula is C8H5F3N2O. The van der Waals surface area contributed by atoms with Crippen molar-refractivity contribution in [2.45, 2.75) is 6.36 Å². The van der Waals surface area contributed by atoms with Crippen LogP contribution in [0.25, 0.3) is 5.65 Å². The monoisotopic (exact) mass is 202 g/mol. The summed E-state index contributed by atoms with van der Waals surface area (Å²) in [6.07, 6.45) is -0.0895. The molecule has 0 atom stereocenters. The van der Waals surface area contributed by atoms with Gasteiger partial charge in [0.15, 0.2) is 0 Å². The van der Waals surface area contributed by atoms with Gasteiger partial charge in [-0.2, -0.15) is 0 Å².